The fraction of sp³-hybridized carbons (Fsp3) is 0.833. The van der Waals surface area contributed by atoms with Crippen molar-refractivity contribution in [2.24, 2.45) is 22.2 Å². The van der Waals surface area contributed by atoms with E-state index in [-0.39, 0.29) is 17.8 Å². The fourth-order valence-corrected chi connectivity index (χ4v) is 2.17. The SMILES string of the molecule is CC1CCC(C)N(C(=O)C(C)(C)C(N)=NO)C1. The van der Waals surface area contributed by atoms with Crippen molar-refractivity contribution in [3.63, 3.8) is 0 Å². The number of amides is 1. The molecule has 0 spiro atoms. The van der Waals surface area contributed by atoms with Gasteiger partial charge in [-0.25, -0.2) is 0 Å². The number of carbonyl (C=O) groups excluding carboxylic acids is 1. The number of rotatable bonds is 2. The summed E-state index contributed by atoms with van der Waals surface area (Å²) >= 11 is 0. The summed E-state index contributed by atoms with van der Waals surface area (Å²) in [5.74, 6) is 0.415. The van der Waals surface area contributed by atoms with Crippen LogP contribution in [0.4, 0.5) is 0 Å². The molecule has 5 heteroatoms. The second-order valence-electron chi connectivity index (χ2n) is 5.60. The van der Waals surface area contributed by atoms with Crippen LogP contribution >= 0.6 is 0 Å². The van der Waals surface area contributed by atoms with E-state index in [1.165, 1.54) is 0 Å². The lowest BCUT2D eigenvalue weighted by Crippen LogP contribution is -2.53. The van der Waals surface area contributed by atoms with Gasteiger partial charge < -0.3 is 15.8 Å². The Morgan fingerprint density at radius 2 is 2.00 bits per heavy atom. The van der Waals surface area contributed by atoms with Crippen LogP contribution in [0.15, 0.2) is 5.16 Å². The topological polar surface area (TPSA) is 78.9 Å². The molecular weight excluding hydrogens is 218 g/mol. The molecule has 5 nitrogen and oxygen atoms in total. The van der Waals surface area contributed by atoms with E-state index in [9.17, 15) is 4.79 Å². The van der Waals surface area contributed by atoms with E-state index < -0.39 is 5.41 Å². The third kappa shape index (κ3) is 2.70. The number of hydrogen-bond acceptors (Lipinski definition) is 3. The summed E-state index contributed by atoms with van der Waals surface area (Å²) in [6, 6.07) is 0.226. The molecule has 1 fully saturated rings. The van der Waals surface area contributed by atoms with Crippen LogP contribution < -0.4 is 5.73 Å². The molecule has 17 heavy (non-hydrogen) atoms. The van der Waals surface area contributed by atoms with Gasteiger partial charge in [0.1, 0.15) is 5.41 Å². The molecule has 0 bridgehead atoms. The summed E-state index contributed by atoms with van der Waals surface area (Å²) in [6.45, 7) is 8.32. The van der Waals surface area contributed by atoms with E-state index in [2.05, 4.69) is 12.1 Å². The van der Waals surface area contributed by atoms with Gasteiger partial charge in [0.25, 0.3) is 0 Å². The van der Waals surface area contributed by atoms with Gasteiger partial charge in [-0.3, -0.25) is 4.79 Å². The lowest BCUT2D eigenvalue weighted by Gasteiger charge is -2.40. The first-order chi connectivity index (χ1) is 7.80. The zero-order chi connectivity index (χ0) is 13.2. The monoisotopic (exact) mass is 241 g/mol. The number of nitrogens with zero attached hydrogens (tertiary/aromatic N) is 2. The van der Waals surface area contributed by atoms with Crippen molar-refractivity contribution in [3.8, 4) is 0 Å². The van der Waals surface area contributed by atoms with Gasteiger partial charge >= 0.3 is 0 Å². The lowest BCUT2D eigenvalue weighted by atomic mass is 9.86. The number of nitrogens with two attached hydrogens (primary N) is 1. The molecule has 2 unspecified atom stereocenters. The van der Waals surface area contributed by atoms with Gasteiger partial charge in [0.15, 0.2) is 5.84 Å². The summed E-state index contributed by atoms with van der Waals surface area (Å²) in [7, 11) is 0. The summed E-state index contributed by atoms with van der Waals surface area (Å²) in [6.07, 6.45) is 2.16. The van der Waals surface area contributed by atoms with Crippen LogP contribution in [0.1, 0.15) is 40.5 Å². The average Bonchev–Trinajstić information content (AvgIpc) is 2.30. The molecule has 3 N–H and O–H groups in total. The van der Waals surface area contributed by atoms with Crippen molar-refractivity contribution in [2.75, 3.05) is 6.54 Å². The molecule has 1 aliphatic heterocycles. The van der Waals surface area contributed by atoms with Gasteiger partial charge in [0.05, 0.1) is 0 Å². The van der Waals surface area contributed by atoms with Crippen LogP contribution in [-0.4, -0.2) is 34.4 Å². The van der Waals surface area contributed by atoms with Crippen LogP contribution in [0.5, 0.6) is 0 Å². The molecule has 1 heterocycles. The van der Waals surface area contributed by atoms with Gasteiger partial charge in [-0.2, -0.15) is 0 Å². The van der Waals surface area contributed by atoms with Crippen molar-refractivity contribution in [2.45, 2.75) is 46.6 Å². The van der Waals surface area contributed by atoms with Gasteiger partial charge in [-0.15, -0.1) is 0 Å². The predicted molar refractivity (Wildman–Crippen MR) is 66.8 cm³/mol. The minimum Gasteiger partial charge on any atom is -0.409 e. The van der Waals surface area contributed by atoms with E-state index >= 15 is 0 Å². The second kappa shape index (κ2) is 4.94. The van der Waals surface area contributed by atoms with E-state index in [0.29, 0.717) is 5.92 Å². The number of amidine groups is 1. The smallest absolute Gasteiger partial charge is 0.236 e. The quantitative estimate of drug-likeness (QED) is 0.332. The first kappa shape index (κ1) is 13.8. The molecule has 2 atom stereocenters. The molecule has 1 amide bonds. The van der Waals surface area contributed by atoms with Crippen molar-refractivity contribution < 1.29 is 10.0 Å². The largest absolute Gasteiger partial charge is 0.409 e. The Bertz CT molecular complexity index is 326. The molecule has 0 radical (unpaired) electrons. The summed E-state index contributed by atoms with van der Waals surface area (Å²) in [4.78, 5) is 14.3. The third-order valence-corrected chi connectivity index (χ3v) is 3.66. The Kier molecular flexibility index (Phi) is 4.01. The molecule has 1 aliphatic rings. The minimum atomic E-state index is -0.944. The maximum Gasteiger partial charge on any atom is 0.236 e. The highest BCUT2D eigenvalue weighted by molar-refractivity contribution is 6.06. The van der Waals surface area contributed by atoms with E-state index in [0.717, 1.165) is 19.4 Å². The Balaban J connectivity index is 2.88. The normalized spacial score (nSPS) is 27.1. The molecule has 1 saturated heterocycles. The first-order valence-corrected chi connectivity index (χ1v) is 6.09. The van der Waals surface area contributed by atoms with E-state index in [1.54, 1.807) is 13.8 Å². The van der Waals surface area contributed by atoms with Crippen LogP contribution in [0.25, 0.3) is 0 Å². The summed E-state index contributed by atoms with van der Waals surface area (Å²) in [5, 5.41) is 11.7. The van der Waals surface area contributed by atoms with Gasteiger partial charge in [-0.1, -0.05) is 12.1 Å². The zero-order valence-electron chi connectivity index (χ0n) is 11.1. The highest BCUT2D eigenvalue weighted by atomic mass is 16.4. The van der Waals surface area contributed by atoms with Crippen molar-refractivity contribution in [1.29, 1.82) is 0 Å². The Hall–Kier alpha value is -1.26. The summed E-state index contributed by atoms with van der Waals surface area (Å²) < 4.78 is 0. The molecule has 0 aromatic rings. The van der Waals surface area contributed by atoms with Crippen LogP contribution in [0.3, 0.4) is 0 Å². The Morgan fingerprint density at radius 3 is 2.53 bits per heavy atom. The molecule has 0 aromatic heterocycles. The summed E-state index contributed by atoms with van der Waals surface area (Å²) in [5.41, 5.74) is 4.65. The van der Waals surface area contributed by atoms with E-state index in [4.69, 9.17) is 10.9 Å². The van der Waals surface area contributed by atoms with Crippen molar-refractivity contribution >= 4 is 11.7 Å². The Labute approximate surface area is 103 Å². The third-order valence-electron chi connectivity index (χ3n) is 3.66. The minimum absolute atomic E-state index is 0.0343. The predicted octanol–water partition coefficient (Wildman–Crippen LogP) is 1.41. The fourth-order valence-electron chi connectivity index (χ4n) is 2.17. The molecule has 0 aliphatic carbocycles. The standard InChI is InChI=1S/C12H23N3O2/c1-8-5-6-9(2)15(7-8)11(16)12(3,4)10(13)14-17/h8-9,17H,5-7H2,1-4H3,(H2,13,14). The van der Waals surface area contributed by atoms with Crippen LogP contribution in [-0.2, 0) is 4.79 Å². The lowest BCUT2D eigenvalue weighted by molar-refractivity contribution is -0.141. The van der Waals surface area contributed by atoms with Crippen LogP contribution in [0, 0.1) is 11.3 Å². The zero-order valence-corrected chi connectivity index (χ0v) is 11.1. The molecular formula is C12H23N3O2. The maximum absolute atomic E-state index is 12.4. The number of likely N-dealkylation sites (tertiary alicyclic amines) is 1. The highest BCUT2D eigenvalue weighted by Crippen LogP contribution is 2.27. The van der Waals surface area contributed by atoms with Crippen molar-refractivity contribution in [1.82, 2.24) is 4.90 Å². The average molecular weight is 241 g/mol. The highest BCUT2D eigenvalue weighted by Gasteiger charge is 2.39. The molecule has 0 aromatic carbocycles. The van der Waals surface area contributed by atoms with Gasteiger partial charge in [-0.05, 0) is 39.5 Å². The van der Waals surface area contributed by atoms with Crippen LogP contribution in [0.2, 0.25) is 0 Å². The Morgan fingerprint density at radius 1 is 1.41 bits per heavy atom. The van der Waals surface area contributed by atoms with Gasteiger partial charge in [0, 0.05) is 12.6 Å². The molecule has 0 saturated carbocycles. The molecule has 98 valence electrons. The van der Waals surface area contributed by atoms with Crippen molar-refractivity contribution in [3.05, 3.63) is 0 Å². The number of piperidine rings is 1. The first-order valence-electron chi connectivity index (χ1n) is 6.09. The maximum atomic E-state index is 12.4. The number of oxime groups is 1. The number of hydrogen-bond donors (Lipinski definition) is 2. The van der Waals surface area contributed by atoms with Gasteiger partial charge in [0.2, 0.25) is 5.91 Å². The second-order valence-corrected chi connectivity index (χ2v) is 5.60. The molecule has 1 rings (SSSR count). The van der Waals surface area contributed by atoms with E-state index in [1.807, 2.05) is 11.8 Å². The number of carbonyl (C=O) groups is 1.